The Bertz CT molecular complexity index is 716. The molecule has 0 saturated carbocycles. The minimum absolute atomic E-state index is 0.0475. The van der Waals surface area contributed by atoms with Gasteiger partial charge in [0.25, 0.3) is 0 Å². The highest BCUT2D eigenvalue weighted by Crippen LogP contribution is 2.31. The zero-order valence-corrected chi connectivity index (χ0v) is 12.5. The van der Waals surface area contributed by atoms with Crippen LogP contribution in [0, 0.1) is 10.7 Å². The standard InChI is InChI=1S/C15H13ClFN3O2/c1-20(8-10-11(16)3-2-4-12(10)17)14-6-5-9(15(18)21)7-13(14)19-22/h2-7H,8H2,1H3,(H2,18,21). The maximum atomic E-state index is 13.8. The second-order valence-electron chi connectivity index (χ2n) is 4.72. The predicted octanol–water partition coefficient (Wildman–Crippen LogP) is 3.61. The first kappa shape index (κ1) is 15.9. The van der Waals surface area contributed by atoms with Crippen LogP contribution < -0.4 is 10.6 Å². The highest BCUT2D eigenvalue weighted by Gasteiger charge is 2.15. The molecule has 5 nitrogen and oxygen atoms in total. The molecule has 0 atom stereocenters. The van der Waals surface area contributed by atoms with Crippen molar-refractivity contribution in [3.05, 3.63) is 63.3 Å². The topological polar surface area (TPSA) is 75.8 Å². The van der Waals surface area contributed by atoms with Gasteiger partial charge in [-0.1, -0.05) is 17.7 Å². The normalized spacial score (nSPS) is 10.3. The van der Waals surface area contributed by atoms with Crippen LogP contribution in [-0.4, -0.2) is 13.0 Å². The lowest BCUT2D eigenvalue weighted by Crippen LogP contribution is -2.18. The molecule has 114 valence electrons. The molecule has 0 aliphatic rings. The van der Waals surface area contributed by atoms with Gasteiger partial charge < -0.3 is 10.6 Å². The van der Waals surface area contributed by atoms with Crippen molar-refractivity contribution in [1.82, 2.24) is 0 Å². The highest BCUT2D eigenvalue weighted by molar-refractivity contribution is 6.31. The van der Waals surface area contributed by atoms with Gasteiger partial charge in [0.05, 0.1) is 5.69 Å². The van der Waals surface area contributed by atoms with Crippen LogP contribution in [0.4, 0.5) is 15.8 Å². The minimum atomic E-state index is -0.656. The molecule has 0 fully saturated rings. The van der Waals surface area contributed by atoms with E-state index in [2.05, 4.69) is 5.18 Å². The van der Waals surface area contributed by atoms with Gasteiger partial charge in [-0.3, -0.25) is 4.79 Å². The Morgan fingerprint density at radius 1 is 1.36 bits per heavy atom. The van der Waals surface area contributed by atoms with Gasteiger partial charge in [0.2, 0.25) is 5.91 Å². The second-order valence-corrected chi connectivity index (χ2v) is 5.12. The van der Waals surface area contributed by atoms with Crippen LogP contribution in [0.25, 0.3) is 0 Å². The fourth-order valence-corrected chi connectivity index (χ4v) is 2.30. The molecule has 0 heterocycles. The SMILES string of the molecule is CN(Cc1c(F)cccc1Cl)c1ccc(C(N)=O)cc1N=O. The molecule has 7 heteroatoms. The summed E-state index contributed by atoms with van der Waals surface area (Å²) in [6.45, 7) is 0.143. The molecule has 1 amide bonds. The maximum Gasteiger partial charge on any atom is 0.248 e. The summed E-state index contributed by atoms with van der Waals surface area (Å²) in [5, 5.41) is 3.19. The Labute approximate surface area is 131 Å². The quantitative estimate of drug-likeness (QED) is 0.855. The summed E-state index contributed by atoms with van der Waals surface area (Å²) in [7, 11) is 1.66. The molecule has 0 spiro atoms. The van der Waals surface area contributed by atoms with E-state index in [0.717, 1.165) is 0 Å². The van der Waals surface area contributed by atoms with E-state index >= 15 is 0 Å². The van der Waals surface area contributed by atoms with Crippen molar-refractivity contribution in [1.29, 1.82) is 0 Å². The van der Waals surface area contributed by atoms with Gasteiger partial charge in [-0.25, -0.2) is 4.39 Å². The molecule has 0 aromatic heterocycles. The fraction of sp³-hybridized carbons (Fsp3) is 0.133. The number of rotatable bonds is 5. The van der Waals surface area contributed by atoms with Crippen LogP contribution in [0.15, 0.2) is 41.6 Å². The molecule has 0 unspecified atom stereocenters. The first-order chi connectivity index (χ1) is 10.4. The van der Waals surface area contributed by atoms with Gasteiger partial charge in [-0.05, 0) is 35.5 Å². The molecular weight excluding hydrogens is 309 g/mol. The van der Waals surface area contributed by atoms with Crippen molar-refractivity contribution >= 4 is 28.9 Å². The Morgan fingerprint density at radius 3 is 2.68 bits per heavy atom. The third-order valence-corrected chi connectivity index (χ3v) is 3.58. The summed E-state index contributed by atoms with van der Waals surface area (Å²) in [4.78, 5) is 23.7. The predicted molar refractivity (Wildman–Crippen MR) is 83.9 cm³/mol. The van der Waals surface area contributed by atoms with Gasteiger partial charge in [0.15, 0.2) is 0 Å². The molecule has 0 bridgehead atoms. The van der Waals surface area contributed by atoms with Crippen molar-refractivity contribution in [2.24, 2.45) is 10.9 Å². The number of nitrogens with two attached hydrogens (primary N) is 1. The third kappa shape index (κ3) is 3.23. The van der Waals surface area contributed by atoms with Crippen LogP contribution in [0.2, 0.25) is 5.02 Å². The average molecular weight is 322 g/mol. The van der Waals surface area contributed by atoms with Crippen LogP contribution in [-0.2, 0) is 6.54 Å². The number of halogens is 2. The van der Waals surface area contributed by atoms with E-state index in [1.54, 1.807) is 18.0 Å². The van der Waals surface area contributed by atoms with Crippen molar-refractivity contribution in [2.75, 3.05) is 11.9 Å². The number of hydrogen-bond donors (Lipinski definition) is 1. The Kier molecular flexibility index (Phi) is 4.72. The van der Waals surface area contributed by atoms with Crippen molar-refractivity contribution in [3.63, 3.8) is 0 Å². The average Bonchev–Trinajstić information content (AvgIpc) is 2.50. The second kappa shape index (κ2) is 6.53. The lowest BCUT2D eigenvalue weighted by Gasteiger charge is -2.21. The Morgan fingerprint density at radius 2 is 2.09 bits per heavy atom. The summed E-state index contributed by atoms with van der Waals surface area (Å²) < 4.78 is 13.8. The molecule has 0 aliphatic heterocycles. The summed E-state index contributed by atoms with van der Waals surface area (Å²) in [5.41, 5.74) is 6.14. The summed E-state index contributed by atoms with van der Waals surface area (Å²) in [5.74, 6) is -1.09. The van der Waals surface area contributed by atoms with E-state index in [9.17, 15) is 14.1 Å². The maximum absolute atomic E-state index is 13.8. The summed E-state index contributed by atoms with van der Waals surface area (Å²) in [6.07, 6.45) is 0. The highest BCUT2D eigenvalue weighted by atomic mass is 35.5. The van der Waals surface area contributed by atoms with Crippen LogP contribution >= 0.6 is 11.6 Å². The van der Waals surface area contributed by atoms with Crippen LogP contribution in [0.5, 0.6) is 0 Å². The first-order valence-electron chi connectivity index (χ1n) is 6.35. The number of primary amides is 1. The Balaban J connectivity index is 2.35. The van der Waals surface area contributed by atoms with E-state index in [-0.39, 0.29) is 17.8 Å². The van der Waals surface area contributed by atoms with E-state index in [1.165, 1.54) is 30.3 Å². The van der Waals surface area contributed by atoms with Crippen molar-refractivity contribution < 1.29 is 9.18 Å². The minimum Gasteiger partial charge on any atom is -0.368 e. The summed E-state index contributed by atoms with van der Waals surface area (Å²) in [6, 6.07) is 8.72. The van der Waals surface area contributed by atoms with Crippen molar-refractivity contribution in [2.45, 2.75) is 6.54 Å². The van der Waals surface area contributed by atoms with Crippen LogP contribution in [0.3, 0.4) is 0 Å². The van der Waals surface area contributed by atoms with Gasteiger partial charge in [-0.2, -0.15) is 0 Å². The summed E-state index contributed by atoms with van der Waals surface area (Å²) >= 11 is 5.99. The lowest BCUT2D eigenvalue weighted by molar-refractivity contribution is 0.100. The number of hydrogen-bond acceptors (Lipinski definition) is 4. The van der Waals surface area contributed by atoms with Gasteiger partial charge in [0, 0.05) is 29.7 Å². The van der Waals surface area contributed by atoms with E-state index in [0.29, 0.717) is 16.3 Å². The Hall–Kier alpha value is -2.47. The van der Waals surface area contributed by atoms with Gasteiger partial charge in [-0.15, -0.1) is 4.91 Å². The van der Waals surface area contributed by atoms with Gasteiger partial charge >= 0.3 is 0 Å². The smallest absolute Gasteiger partial charge is 0.248 e. The van der Waals surface area contributed by atoms with Crippen molar-refractivity contribution in [3.8, 4) is 0 Å². The third-order valence-electron chi connectivity index (χ3n) is 3.23. The molecular formula is C15H13ClFN3O2. The monoisotopic (exact) mass is 321 g/mol. The largest absolute Gasteiger partial charge is 0.368 e. The number of nitrogens with zero attached hydrogens (tertiary/aromatic N) is 2. The molecule has 2 N–H and O–H groups in total. The molecule has 22 heavy (non-hydrogen) atoms. The van der Waals surface area contributed by atoms with Crippen LogP contribution in [0.1, 0.15) is 15.9 Å². The number of anilines is 1. The molecule has 2 aromatic carbocycles. The van der Waals surface area contributed by atoms with Gasteiger partial charge in [0.1, 0.15) is 11.5 Å². The number of carbonyl (C=O) groups is 1. The zero-order chi connectivity index (χ0) is 16.3. The van der Waals surface area contributed by atoms with E-state index in [1.807, 2.05) is 0 Å². The molecule has 0 saturated heterocycles. The van der Waals surface area contributed by atoms with E-state index < -0.39 is 11.7 Å². The molecule has 0 aliphatic carbocycles. The number of benzene rings is 2. The molecule has 2 aromatic rings. The number of carbonyl (C=O) groups excluding carboxylic acids is 1. The number of nitroso groups, excluding NO2 is 1. The zero-order valence-electron chi connectivity index (χ0n) is 11.7. The number of amides is 1. The fourth-order valence-electron chi connectivity index (χ4n) is 2.08. The first-order valence-corrected chi connectivity index (χ1v) is 6.73. The van der Waals surface area contributed by atoms with E-state index in [4.69, 9.17) is 17.3 Å². The molecule has 0 radical (unpaired) electrons. The lowest BCUT2D eigenvalue weighted by atomic mass is 10.1. The molecule has 2 rings (SSSR count).